The van der Waals surface area contributed by atoms with Crippen LogP contribution in [-0.4, -0.2) is 11.9 Å². The monoisotopic (exact) mass is 256 g/mol. The lowest BCUT2D eigenvalue weighted by Gasteiger charge is -2.16. The molecule has 0 radical (unpaired) electrons. The minimum atomic E-state index is -0.702. The molecule has 0 spiro atoms. The maximum Gasteiger partial charge on any atom is 0.220 e. The molecule has 5 heteroatoms. The van der Waals surface area contributed by atoms with Crippen molar-refractivity contribution in [3.63, 3.8) is 0 Å². The summed E-state index contributed by atoms with van der Waals surface area (Å²) >= 11 is 0. The van der Waals surface area contributed by atoms with Crippen LogP contribution in [0, 0.1) is 11.6 Å². The summed E-state index contributed by atoms with van der Waals surface area (Å²) in [5, 5.41) is 2.56. The van der Waals surface area contributed by atoms with Gasteiger partial charge in [0, 0.05) is 18.0 Å². The van der Waals surface area contributed by atoms with Crippen LogP contribution in [0.25, 0.3) is 0 Å². The molecule has 3 N–H and O–H groups in total. The highest BCUT2D eigenvalue weighted by Crippen LogP contribution is 2.20. The molecular formula is C13H18F2N2O. The Labute approximate surface area is 105 Å². The molecule has 1 rings (SSSR count). The van der Waals surface area contributed by atoms with E-state index in [1.165, 1.54) is 18.2 Å². The molecule has 1 aromatic carbocycles. The first-order valence-corrected chi connectivity index (χ1v) is 5.90. The molecule has 18 heavy (non-hydrogen) atoms. The SMILES string of the molecule is CC(N)CCC(=O)NC(C)c1c(F)cccc1F. The fraction of sp³-hybridized carbons (Fsp3) is 0.462. The summed E-state index contributed by atoms with van der Waals surface area (Å²) in [6, 6.07) is 2.85. The molecule has 0 saturated heterocycles. The molecule has 0 aliphatic carbocycles. The quantitative estimate of drug-likeness (QED) is 0.849. The summed E-state index contributed by atoms with van der Waals surface area (Å²) in [4.78, 5) is 11.5. The Kier molecular flexibility index (Phi) is 5.22. The maximum absolute atomic E-state index is 13.5. The van der Waals surface area contributed by atoms with Crippen molar-refractivity contribution in [1.82, 2.24) is 5.32 Å². The number of carbonyl (C=O) groups is 1. The van der Waals surface area contributed by atoms with Gasteiger partial charge in [0.05, 0.1) is 6.04 Å². The summed E-state index contributed by atoms with van der Waals surface area (Å²) in [7, 11) is 0. The third-order valence-corrected chi connectivity index (χ3v) is 2.64. The van der Waals surface area contributed by atoms with E-state index in [4.69, 9.17) is 5.73 Å². The van der Waals surface area contributed by atoms with Gasteiger partial charge in [-0.1, -0.05) is 6.07 Å². The Hall–Kier alpha value is -1.49. The van der Waals surface area contributed by atoms with Crippen LogP contribution in [0.1, 0.15) is 38.3 Å². The van der Waals surface area contributed by atoms with Crippen molar-refractivity contribution in [1.29, 1.82) is 0 Å². The molecule has 3 nitrogen and oxygen atoms in total. The van der Waals surface area contributed by atoms with E-state index in [-0.39, 0.29) is 23.9 Å². The van der Waals surface area contributed by atoms with E-state index in [0.717, 1.165) is 0 Å². The Balaban J connectivity index is 2.65. The van der Waals surface area contributed by atoms with E-state index in [9.17, 15) is 13.6 Å². The number of amides is 1. The molecule has 0 heterocycles. The highest BCUT2D eigenvalue weighted by Gasteiger charge is 2.17. The van der Waals surface area contributed by atoms with Gasteiger partial charge in [-0.2, -0.15) is 0 Å². The average molecular weight is 256 g/mol. The average Bonchev–Trinajstić information content (AvgIpc) is 2.26. The fourth-order valence-electron chi connectivity index (χ4n) is 1.67. The Bertz CT molecular complexity index is 401. The lowest BCUT2D eigenvalue weighted by Crippen LogP contribution is -2.29. The molecule has 2 unspecified atom stereocenters. The molecule has 100 valence electrons. The predicted molar refractivity (Wildman–Crippen MR) is 65.8 cm³/mol. The first-order valence-electron chi connectivity index (χ1n) is 5.90. The molecule has 0 bridgehead atoms. The van der Waals surface area contributed by atoms with Gasteiger partial charge in [0.1, 0.15) is 11.6 Å². The smallest absolute Gasteiger partial charge is 0.220 e. The largest absolute Gasteiger partial charge is 0.349 e. The highest BCUT2D eigenvalue weighted by molar-refractivity contribution is 5.76. The lowest BCUT2D eigenvalue weighted by molar-refractivity contribution is -0.121. The number of hydrogen-bond donors (Lipinski definition) is 2. The first kappa shape index (κ1) is 14.6. The molecular weight excluding hydrogens is 238 g/mol. The number of nitrogens with two attached hydrogens (primary N) is 1. The fourth-order valence-corrected chi connectivity index (χ4v) is 1.67. The van der Waals surface area contributed by atoms with Gasteiger partial charge in [-0.15, -0.1) is 0 Å². The Morgan fingerprint density at radius 2 is 1.89 bits per heavy atom. The lowest BCUT2D eigenvalue weighted by atomic mass is 10.1. The second-order valence-corrected chi connectivity index (χ2v) is 4.44. The van der Waals surface area contributed by atoms with E-state index in [2.05, 4.69) is 5.32 Å². The van der Waals surface area contributed by atoms with Crippen molar-refractivity contribution in [2.24, 2.45) is 5.73 Å². The minimum absolute atomic E-state index is 0.0729. The van der Waals surface area contributed by atoms with Gasteiger partial charge in [0.15, 0.2) is 0 Å². The standard InChI is InChI=1S/C13H18F2N2O/c1-8(16)6-7-12(18)17-9(2)13-10(14)4-3-5-11(13)15/h3-5,8-9H,6-7,16H2,1-2H3,(H,17,18). The predicted octanol–water partition coefficient (Wildman–Crippen LogP) is 2.27. The zero-order valence-corrected chi connectivity index (χ0v) is 10.5. The molecule has 1 aromatic rings. The van der Waals surface area contributed by atoms with Crippen LogP contribution in [0.15, 0.2) is 18.2 Å². The number of hydrogen-bond acceptors (Lipinski definition) is 2. The summed E-state index contributed by atoms with van der Waals surface area (Å²) in [5.74, 6) is -1.58. The van der Waals surface area contributed by atoms with Crippen LogP contribution in [0.5, 0.6) is 0 Å². The molecule has 0 aliphatic rings. The highest BCUT2D eigenvalue weighted by atomic mass is 19.1. The van der Waals surface area contributed by atoms with Gasteiger partial charge in [-0.25, -0.2) is 8.78 Å². The van der Waals surface area contributed by atoms with Crippen molar-refractivity contribution in [3.05, 3.63) is 35.4 Å². The van der Waals surface area contributed by atoms with E-state index in [0.29, 0.717) is 6.42 Å². The van der Waals surface area contributed by atoms with E-state index >= 15 is 0 Å². The third kappa shape index (κ3) is 4.07. The van der Waals surface area contributed by atoms with Gasteiger partial charge >= 0.3 is 0 Å². The summed E-state index contributed by atoms with van der Waals surface area (Å²) in [6.45, 7) is 3.35. The van der Waals surface area contributed by atoms with Crippen LogP contribution < -0.4 is 11.1 Å². The first-order chi connectivity index (χ1) is 8.41. The zero-order chi connectivity index (χ0) is 13.7. The van der Waals surface area contributed by atoms with Gasteiger partial charge in [-0.05, 0) is 32.4 Å². The minimum Gasteiger partial charge on any atom is -0.349 e. The third-order valence-electron chi connectivity index (χ3n) is 2.64. The second kappa shape index (κ2) is 6.44. The van der Waals surface area contributed by atoms with E-state index in [1.807, 2.05) is 0 Å². The number of rotatable bonds is 5. The van der Waals surface area contributed by atoms with Crippen LogP contribution in [-0.2, 0) is 4.79 Å². The van der Waals surface area contributed by atoms with Crippen LogP contribution in [0.2, 0.25) is 0 Å². The number of halogens is 2. The van der Waals surface area contributed by atoms with Crippen molar-refractivity contribution in [3.8, 4) is 0 Å². The van der Waals surface area contributed by atoms with Gasteiger partial charge in [0.2, 0.25) is 5.91 Å². The van der Waals surface area contributed by atoms with Crippen molar-refractivity contribution >= 4 is 5.91 Å². The molecule has 0 aromatic heterocycles. The van der Waals surface area contributed by atoms with Crippen LogP contribution in [0.3, 0.4) is 0 Å². The summed E-state index contributed by atoms with van der Waals surface area (Å²) in [6.07, 6.45) is 0.788. The molecule has 2 atom stereocenters. The topological polar surface area (TPSA) is 55.1 Å². The van der Waals surface area contributed by atoms with Gasteiger partial charge in [0.25, 0.3) is 0 Å². The van der Waals surface area contributed by atoms with E-state index < -0.39 is 17.7 Å². The summed E-state index contributed by atoms with van der Waals surface area (Å²) < 4.78 is 26.9. The van der Waals surface area contributed by atoms with Crippen LogP contribution >= 0.6 is 0 Å². The molecule has 0 saturated carbocycles. The normalized spacial score (nSPS) is 14.1. The molecule has 0 fully saturated rings. The Morgan fingerprint density at radius 3 is 2.39 bits per heavy atom. The van der Waals surface area contributed by atoms with Crippen molar-refractivity contribution in [2.45, 2.75) is 38.8 Å². The number of nitrogens with one attached hydrogen (secondary N) is 1. The van der Waals surface area contributed by atoms with Crippen molar-refractivity contribution < 1.29 is 13.6 Å². The zero-order valence-electron chi connectivity index (χ0n) is 10.5. The maximum atomic E-state index is 13.5. The number of carbonyl (C=O) groups excluding carboxylic acids is 1. The second-order valence-electron chi connectivity index (χ2n) is 4.44. The Morgan fingerprint density at radius 1 is 1.33 bits per heavy atom. The molecule has 1 amide bonds. The van der Waals surface area contributed by atoms with E-state index in [1.54, 1.807) is 13.8 Å². The van der Waals surface area contributed by atoms with Gasteiger partial charge in [-0.3, -0.25) is 4.79 Å². The summed E-state index contributed by atoms with van der Waals surface area (Å²) in [5.41, 5.74) is 5.41. The molecule has 0 aliphatic heterocycles. The van der Waals surface area contributed by atoms with Gasteiger partial charge < -0.3 is 11.1 Å². The van der Waals surface area contributed by atoms with Crippen LogP contribution in [0.4, 0.5) is 8.78 Å². The number of benzene rings is 1. The van der Waals surface area contributed by atoms with Crippen molar-refractivity contribution in [2.75, 3.05) is 0 Å².